The number of carbonyl (C=O) groups excluding carboxylic acids is 2. The van der Waals surface area contributed by atoms with Gasteiger partial charge in [-0.2, -0.15) is 0 Å². The van der Waals surface area contributed by atoms with Crippen molar-refractivity contribution in [1.82, 2.24) is 10.5 Å². The highest BCUT2D eigenvalue weighted by Crippen LogP contribution is 2.27. The molecule has 1 heterocycles. The lowest BCUT2D eigenvalue weighted by molar-refractivity contribution is -0.115. The molecule has 0 aliphatic heterocycles. The van der Waals surface area contributed by atoms with Crippen LogP contribution in [0.5, 0.6) is 0 Å². The molecule has 0 atom stereocenters. The molecule has 4 rings (SSSR count). The number of aromatic amines is 1. The van der Waals surface area contributed by atoms with Crippen LogP contribution in [0.2, 0.25) is 0 Å². The highest BCUT2D eigenvalue weighted by atomic mass is 16.5. The van der Waals surface area contributed by atoms with Crippen LogP contribution < -0.4 is 10.8 Å². The highest BCUT2D eigenvalue weighted by molar-refractivity contribution is 5.98. The number of benzene rings is 3. The minimum Gasteiger partial charge on any atom is -0.361 e. The maximum atomic E-state index is 12.6. The number of carbonyl (C=O) groups is 2. The van der Waals surface area contributed by atoms with E-state index in [1.807, 2.05) is 18.3 Å². The van der Waals surface area contributed by atoms with Gasteiger partial charge in [-0.1, -0.05) is 35.9 Å². The molecule has 1 aromatic heterocycles. The molecule has 3 aromatic carbocycles. The SMILES string of the molecule is Cc1cccc(-c2ccc3[nH]cc(CC(=O)Nc4ccc(C(=O)NO)cc4)c3c2)c1. The second-order valence-electron chi connectivity index (χ2n) is 7.19. The zero-order valence-corrected chi connectivity index (χ0v) is 16.4. The summed E-state index contributed by atoms with van der Waals surface area (Å²) in [6.45, 7) is 2.07. The van der Waals surface area contributed by atoms with E-state index in [2.05, 4.69) is 47.6 Å². The standard InChI is InChI=1S/C24H21N3O3/c1-15-3-2-4-17(11-15)18-7-10-22-21(12-18)19(14-25-22)13-23(28)26-20-8-5-16(6-9-20)24(29)27-30/h2-12,14,25,30H,13H2,1H3,(H,26,28)(H,27,29). The summed E-state index contributed by atoms with van der Waals surface area (Å²) in [5, 5.41) is 12.5. The zero-order valence-electron chi connectivity index (χ0n) is 16.4. The number of anilines is 1. The summed E-state index contributed by atoms with van der Waals surface area (Å²) in [7, 11) is 0. The van der Waals surface area contributed by atoms with Gasteiger partial charge >= 0.3 is 0 Å². The molecule has 0 radical (unpaired) electrons. The van der Waals surface area contributed by atoms with Crippen molar-refractivity contribution < 1.29 is 14.8 Å². The molecule has 0 unspecified atom stereocenters. The van der Waals surface area contributed by atoms with Gasteiger partial charge in [0.05, 0.1) is 6.42 Å². The third-order valence-electron chi connectivity index (χ3n) is 5.00. The minimum atomic E-state index is -0.601. The van der Waals surface area contributed by atoms with Gasteiger partial charge in [0.2, 0.25) is 5.91 Å². The molecule has 30 heavy (non-hydrogen) atoms. The monoisotopic (exact) mass is 399 g/mol. The average molecular weight is 399 g/mol. The van der Waals surface area contributed by atoms with Crippen LogP contribution in [0.3, 0.4) is 0 Å². The van der Waals surface area contributed by atoms with Gasteiger partial charge in [0.1, 0.15) is 0 Å². The van der Waals surface area contributed by atoms with Crippen LogP contribution in [-0.2, 0) is 11.2 Å². The number of aromatic nitrogens is 1. The van der Waals surface area contributed by atoms with Crippen LogP contribution >= 0.6 is 0 Å². The van der Waals surface area contributed by atoms with Crippen LogP contribution in [0.25, 0.3) is 22.0 Å². The Labute approximate surface area is 173 Å². The van der Waals surface area contributed by atoms with Crippen molar-refractivity contribution in [3.05, 3.63) is 89.6 Å². The molecule has 4 aromatic rings. The third kappa shape index (κ3) is 4.09. The van der Waals surface area contributed by atoms with E-state index in [9.17, 15) is 9.59 Å². The molecule has 0 saturated carbocycles. The van der Waals surface area contributed by atoms with E-state index in [4.69, 9.17) is 5.21 Å². The van der Waals surface area contributed by atoms with Crippen molar-refractivity contribution in [1.29, 1.82) is 0 Å². The largest absolute Gasteiger partial charge is 0.361 e. The van der Waals surface area contributed by atoms with E-state index >= 15 is 0 Å². The van der Waals surface area contributed by atoms with Crippen LogP contribution in [0.1, 0.15) is 21.5 Å². The Balaban J connectivity index is 1.52. The van der Waals surface area contributed by atoms with Crippen molar-refractivity contribution in [2.45, 2.75) is 13.3 Å². The van der Waals surface area contributed by atoms with Gasteiger partial charge < -0.3 is 10.3 Å². The second kappa shape index (κ2) is 8.23. The van der Waals surface area contributed by atoms with Gasteiger partial charge in [-0.25, -0.2) is 5.48 Å². The highest BCUT2D eigenvalue weighted by Gasteiger charge is 2.11. The first-order chi connectivity index (χ1) is 14.5. The summed E-state index contributed by atoms with van der Waals surface area (Å²) in [5.74, 6) is -0.757. The van der Waals surface area contributed by atoms with Gasteiger partial charge in [0.15, 0.2) is 0 Å². The first-order valence-electron chi connectivity index (χ1n) is 9.55. The van der Waals surface area contributed by atoms with Crippen LogP contribution in [0.15, 0.2) is 72.9 Å². The molecule has 6 heteroatoms. The number of amides is 2. The van der Waals surface area contributed by atoms with Gasteiger partial charge in [0.25, 0.3) is 5.91 Å². The first-order valence-corrected chi connectivity index (χ1v) is 9.55. The van der Waals surface area contributed by atoms with Crippen LogP contribution in [-0.4, -0.2) is 22.0 Å². The zero-order chi connectivity index (χ0) is 21.1. The van der Waals surface area contributed by atoms with E-state index in [1.165, 1.54) is 17.7 Å². The predicted molar refractivity (Wildman–Crippen MR) is 117 cm³/mol. The van der Waals surface area contributed by atoms with Crippen molar-refractivity contribution in [2.24, 2.45) is 0 Å². The third-order valence-corrected chi connectivity index (χ3v) is 5.00. The summed E-state index contributed by atoms with van der Waals surface area (Å²) in [4.78, 5) is 27.2. The maximum absolute atomic E-state index is 12.6. The summed E-state index contributed by atoms with van der Waals surface area (Å²) in [6, 6.07) is 20.8. The summed E-state index contributed by atoms with van der Waals surface area (Å²) >= 11 is 0. The van der Waals surface area contributed by atoms with Crippen LogP contribution in [0, 0.1) is 6.92 Å². The Hall–Kier alpha value is -3.90. The number of hydrogen-bond acceptors (Lipinski definition) is 3. The number of nitrogens with one attached hydrogen (secondary N) is 3. The number of rotatable bonds is 5. The minimum absolute atomic E-state index is 0.156. The van der Waals surface area contributed by atoms with Crippen molar-refractivity contribution >= 4 is 28.4 Å². The predicted octanol–water partition coefficient (Wildman–Crippen LogP) is 4.44. The van der Waals surface area contributed by atoms with E-state index in [0.717, 1.165) is 27.6 Å². The molecule has 0 saturated heterocycles. The van der Waals surface area contributed by atoms with Crippen molar-refractivity contribution in [3.63, 3.8) is 0 Å². The Bertz CT molecular complexity index is 1230. The Morgan fingerprint density at radius 1 is 0.967 bits per heavy atom. The molecule has 0 fully saturated rings. The van der Waals surface area contributed by atoms with E-state index in [1.54, 1.807) is 17.6 Å². The van der Waals surface area contributed by atoms with E-state index < -0.39 is 5.91 Å². The fourth-order valence-electron chi connectivity index (χ4n) is 3.48. The van der Waals surface area contributed by atoms with Crippen molar-refractivity contribution in [3.8, 4) is 11.1 Å². The van der Waals surface area contributed by atoms with Crippen molar-refractivity contribution in [2.75, 3.05) is 5.32 Å². The molecule has 0 spiro atoms. The second-order valence-corrected chi connectivity index (χ2v) is 7.19. The molecule has 6 nitrogen and oxygen atoms in total. The lowest BCUT2D eigenvalue weighted by atomic mass is 10.0. The number of hydrogen-bond donors (Lipinski definition) is 4. The molecule has 0 aliphatic rings. The maximum Gasteiger partial charge on any atom is 0.274 e. The number of aryl methyl sites for hydroxylation is 1. The molecular weight excluding hydrogens is 378 g/mol. The number of fused-ring (bicyclic) bond motifs is 1. The van der Waals surface area contributed by atoms with Gasteiger partial charge in [-0.05, 0) is 60.0 Å². The molecular formula is C24H21N3O3. The normalized spacial score (nSPS) is 10.7. The Morgan fingerprint density at radius 2 is 1.73 bits per heavy atom. The Morgan fingerprint density at radius 3 is 2.47 bits per heavy atom. The lowest BCUT2D eigenvalue weighted by Crippen LogP contribution is -2.18. The molecule has 2 amide bonds. The quantitative estimate of drug-likeness (QED) is 0.295. The number of H-pyrrole nitrogens is 1. The molecule has 150 valence electrons. The number of hydroxylamine groups is 1. The van der Waals surface area contributed by atoms with E-state index in [0.29, 0.717) is 11.3 Å². The smallest absolute Gasteiger partial charge is 0.274 e. The van der Waals surface area contributed by atoms with Gasteiger partial charge in [-0.3, -0.25) is 14.8 Å². The topological polar surface area (TPSA) is 94.2 Å². The fraction of sp³-hybridized carbons (Fsp3) is 0.0833. The fourth-order valence-corrected chi connectivity index (χ4v) is 3.48. The first kappa shape index (κ1) is 19.4. The van der Waals surface area contributed by atoms with Gasteiger partial charge in [0, 0.05) is 28.4 Å². The summed E-state index contributed by atoms with van der Waals surface area (Å²) < 4.78 is 0. The Kier molecular flexibility index (Phi) is 5.32. The van der Waals surface area contributed by atoms with Crippen LogP contribution in [0.4, 0.5) is 5.69 Å². The van der Waals surface area contributed by atoms with E-state index in [-0.39, 0.29) is 12.3 Å². The van der Waals surface area contributed by atoms with Gasteiger partial charge in [-0.15, -0.1) is 0 Å². The average Bonchev–Trinajstić information content (AvgIpc) is 3.15. The summed E-state index contributed by atoms with van der Waals surface area (Å²) in [5.41, 5.74) is 7.79. The summed E-state index contributed by atoms with van der Waals surface area (Å²) in [6.07, 6.45) is 2.08. The molecule has 0 bridgehead atoms. The lowest BCUT2D eigenvalue weighted by Gasteiger charge is -2.07. The molecule has 0 aliphatic carbocycles. The molecule has 4 N–H and O–H groups in total.